The molecule has 0 saturated carbocycles. The lowest BCUT2D eigenvalue weighted by molar-refractivity contribution is -0.157. The Morgan fingerprint density at radius 3 is 1.47 bits per heavy atom. The average Bonchev–Trinajstić information content (AvgIpc) is 2.49. The molecular weight excluding hydrogens is 487 g/mol. The van der Waals surface area contributed by atoms with Crippen molar-refractivity contribution in [1.82, 2.24) is 0 Å². The quantitative estimate of drug-likeness (QED) is 0.286. The highest BCUT2D eigenvalue weighted by Gasteiger charge is 2.62. The maximum atomic E-state index is 12.7. The van der Waals surface area contributed by atoms with Gasteiger partial charge in [-0.05, 0) is 18.8 Å². The van der Waals surface area contributed by atoms with E-state index in [4.69, 9.17) is 0 Å². The van der Waals surface area contributed by atoms with Crippen molar-refractivity contribution < 1.29 is 65.9 Å². The normalized spacial score (nSPS) is 15.4. The minimum absolute atomic E-state index is 1.04. The SMILES string of the molecule is C=C(C(=O)OC(CCC(S(=O)(=O)C(F)(F)F)S(=O)(=O)C(F)(F)F)C(C)C)C(F)(F)F. The Morgan fingerprint density at radius 2 is 1.20 bits per heavy atom. The smallest absolute Gasteiger partial charge is 0.459 e. The van der Waals surface area contributed by atoms with Crippen LogP contribution < -0.4 is 0 Å². The van der Waals surface area contributed by atoms with E-state index in [9.17, 15) is 61.1 Å². The first-order valence-electron chi connectivity index (χ1n) is 7.55. The molecule has 0 bridgehead atoms. The number of esters is 1. The van der Waals surface area contributed by atoms with Gasteiger partial charge in [0.2, 0.25) is 0 Å². The molecule has 0 radical (unpaired) electrons. The topological polar surface area (TPSA) is 94.6 Å². The molecule has 0 spiro atoms. The van der Waals surface area contributed by atoms with Gasteiger partial charge in [-0.2, -0.15) is 39.5 Å². The number of sulfone groups is 2. The molecule has 0 aromatic carbocycles. The molecule has 0 aliphatic heterocycles. The molecule has 0 aliphatic carbocycles. The van der Waals surface area contributed by atoms with Crippen LogP contribution in [0.25, 0.3) is 0 Å². The van der Waals surface area contributed by atoms with Crippen molar-refractivity contribution in [2.45, 2.75) is 54.6 Å². The van der Waals surface area contributed by atoms with Crippen LogP contribution >= 0.6 is 0 Å². The highest BCUT2D eigenvalue weighted by Crippen LogP contribution is 2.39. The fourth-order valence-electron chi connectivity index (χ4n) is 1.93. The number of hydrogen-bond donors (Lipinski definition) is 0. The fourth-order valence-corrected chi connectivity index (χ4v) is 5.41. The summed E-state index contributed by atoms with van der Waals surface area (Å²) in [5.41, 5.74) is -14.8. The molecule has 0 aromatic heterocycles. The van der Waals surface area contributed by atoms with E-state index in [1.807, 2.05) is 0 Å². The van der Waals surface area contributed by atoms with Gasteiger partial charge in [0.1, 0.15) is 11.7 Å². The number of carbonyl (C=O) groups excluding carboxylic acids is 1. The summed E-state index contributed by atoms with van der Waals surface area (Å²) in [6.45, 7) is 4.64. The Kier molecular flexibility index (Phi) is 8.47. The van der Waals surface area contributed by atoms with Gasteiger partial charge >= 0.3 is 23.2 Å². The number of carbonyl (C=O) groups is 1. The molecule has 30 heavy (non-hydrogen) atoms. The predicted octanol–water partition coefficient (Wildman–Crippen LogP) is 3.65. The molecule has 1 atom stereocenters. The van der Waals surface area contributed by atoms with Crippen LogP contribution in [0.15, 0.2) is 12.2 Å². The molecule has 0 fully saturated rings. The third-order valence-corrected chi connectivity index (χ3v) is 8.28. The summed E-state index contributed by atoms with van der Waals surface area (Å²) in [6.07, 6.45) is -10.2. The molecule has 0 aromatic rings. The van der Waals surface area contributed by atoms with E-state index >= 15 is 0 Å². The summed E-state index contributed by atoms with van der Waals surface area (Å²) in [4.78, 5) is 11.4. The van der Waals surface area contributed by atoms with Crippen molar-refractivity contribution >= 4 is 25.6 Å². The van der Waals surface area contributed by atoms with E-state index in [2.05, 4.69) is 11.3 Å². The van der Waals surface area contributed by atoms with E-state index < -0.39 is 77.9 Å². The predicted molar refractivity (Wildman–Crippen MR) is 82.9 cm³/mol. The monoisotopic (exact) mass is 502 g/mol. The van der Waals surface area contributed by atoms with E-state index in [0.717, 1.165) is 13.8 Å². The zero-order valence-electron chi connectivity index (χ0n) is 15.0. The van der Waals surface area contributed by atoms with Crippen molar-refractivity contribution in [3.8, 4) is 0 Å². The summed E-state index contributed by atoms with van der Waals surface area (Å²) in [5, 5.41) is 0. The molecule has 178 valence electrons. The Morgan fingerprint density at radius 1 is 0.833 bits per heavy atom. The molecule has 0 heterocycles. The Balaban J connectivity index is 5.97. The number of ether oxygens (including phenoxy) is 1. The number of alkyl halides is 9. The van der Waals surface area contributed by atoms with Crippen molar-refractivity contribution in [3.05, 3.63) is 12.2 Å². The Bertz CT molecular complexity index is 807. The van der Waals surface area contributed by atoms with Gasteiger partial charge in [-0.1, -0.05) is 20.4 Å². The van der Waals surface area contributed by atoms with E-state index in [1.165, 1.54) is 0 Å². The molecule has 0 rings (SSSR count). The summed E-state index contributed by atoms with van der Waals surface area (Å²) in [7, 11) is -13.8. The number of halogens is 9. The summed E-state index contributed by atoms with van der Waals surface area (Å²) in [5.74, 6) is -3.16. The molecule has 0 N–H and O–H groups in total. The standard InChI is InChI=1S/C13H15F9O6S2/c1-6(2)8(28-10(23)7(3)11(14,15)16)4-5-9(29(24,25)12(17,18)19)30(26,27)13(20,21)22/h6,8-9H,3-5H2,1-2H3. The highest BCUT2D eigenvalue weighted by molar-refractivity contribution is 8.09. The molecule has 0 saturated heterocycles. The lowest BCUT2D eigenvalue weighted by Crippen LogP contribution is -2.45. The highest BCUT2D eigenvalue weighted by atomic mass is 32.3. The molecular formula is C13H15F9O6S2. The van der Waals surface area contributed by atoms with Crippen molar-refractivity contribution in [2.24, 2.45) is 5.92 Å². The van der Waals surface area contributed by atoms with Gasteiger partial charge < -0.3 is 4.74 Å². The minimum atomic E-state index is -6.91. The first-order chi connectivity index (χ1) is 13.0. The van der Waals surface area contributed by atoms with Gasteiger partial charge in [-0.15, -0.1) is 0 Å². The van der Waals surface area contributed by atoms with Crippen LogP contribution in [-0.4, -0.2) is 50.7 Å². The van der Waals surface area contributed by atoms with E-state index in [1.54, 1.807) is 0 Å². The molecule has 17 heteroatoms. The first-order valence-corrected chi connectivity index (χ1v) is 10.6. The molecule has 6 nitrogen and oxygen atoms in total. The minimum Gasteiger partial charge on any atom is -0.459 e. The van der Waals surface area contributed by atoms with Crippen molar-refractivity contribution in [1.29, 1.82) is 0 Å². The lowest BCUT2D eigenvalue weighted by atomic mass is 10.0. The fraction of sp³-hybridized carbons (Fsp3) is 0.769. The number of hydrogen-bond acceptors (Lipinski definition) is 6. The van der Waals surface area contributed by atoms with Crippen LogP contribution in [-0.2, 0) is 29.2 Å². The van der Waals surface area contributed by atoms with E-state index in [-0.39, 0.29) is 0 Å². The summed E-state index contributed by atoms with van der Waals surface area (Å²) >= 11 is 0. The third-order valence-electron chi connectivity index (χ3n) is 3.61. The maximum absolute atomic E-state index is 12.7. The van der Waals surface area contributed by atoms with Gasteiger partial charge in [0.15, 0.2) is 4.58 Å². The van der Waals surface area contributed by atoms with Crippen LogP contribution in [0.5, 0.6) is 0 Å². The van der Waals surface area contributed by atoms with Gasteiger partial charge in [0.05, 0.1) is 0 Å². The second-order valence-electron chi connectivity index (χ2n) is 6.15. The van der Waals surface area contributed by atoms with Crippen LogP contribution in [0.3, 0.4) is 0 Å². The maximum Gasteiger partial charge on any atom is 0.498 e. The van der Waals surface area contributed by atoms with Crippen LogP contribution in [0, 0.1) is 5.92 Å². The van der Waals surface area contributed by atoms with Gasteiger partial charge in [0.25, 0.3) is 19.7 Å². The van der Waals surface area contributed by atoms with Gasteiger partial charge in [-0.25, -0.2) is 21.6 Å². The van der Waals surface area contributed by atoms with Crippen molar-refractivity contribution in [3.63, 3.8) is 0 Å². The van der Waals surface area contributed by atoms with Gasteiger partial charge in [0, 0.05) is 0 Å². The molecule has 1 unspecified atom stereocenters. The van der Waals surface area contributed by atoms with Crippen LogP contribution in [0.4, 0.5) is 39.5 Å². The second-order valence-corrected chi connectivity index (χ2v) is 10.7. The number of rotatable bonds is 8. The average molecular weight is 502 g/mol. The lowest BCUT2D eigenvalue weighted by Gasteiger charge is -2.25. The third kappa shape index (κ3) is 6.49. The zero-order valence-corrected chi connectivity index (χ0v) is 16.7. The first kappa shape index (κ1) is 28.5. The second kappa shape index (κ2) is 8.92. The zero-order chi connectivity index (χ0) is 24.5. The Labute approximate surface area is 164 Å². The van der Waals surface area contributed by atoms with E-state index in [0.29, 0.717) is 0 Å². The van der Waals surface area contributed by atoms with Crippen LogP contribution in [0.2, 0.25) is 0 Å². The largest absolute Gasteiger partial charge is 0.498 e. The Hall–Kier alpha value is -1.52. The molecule has 0 aliphatic rings. The van der Waals surface area contributed by atoms with Gasteiger partial charge in [-0.3, -0.25) is 0 Å². The molecule has 0 amide bonds. The van der Waals surface area contributed by atoms with Crippen LogP contribution in [0.1, 0.15) is 26.7 Å². The summed E-state index contributed by atoms with van der Waals surface area (Å²) in [6, 6.07) is 0. The van der Waals surface area contributed by atoms with Crippen molar-refractivity contribution in [2.75, 3.05) is 0 Å². The summed E-state index contributed by atoms with van der Waals surface area (Å²) < 4.78 is 159.